The highest BCUT2D eigenvalue weighted by atomic mass is 32.3. The number of hydrogen-bond donors (Lipinski definition) is 4. The summed E-state index contributed by atoms with van der Waals surface area (Å²) in [5.74, 6) is -0.325. The molecule has 4 N–H and O–H groups in total. The monoisotopic (exact) mass is 182 g/mol. The Kier molecular flexibility index (Phi) is 4.43. The Labute approximate surface area is 67.8 Å². The molecule has 6 heteroatoms. The van der Waals surface area contributed by atoms with Crippen molar-refractivity contribution in [1.82, 2.24) is 9.44 Å². The molecule has 11 heavy (non-hydrogen) atoms. The average molecular weight is 182 g/mol. The lowest BCUT2D eigenvalue weighted by molar-refractivity contribution is -0.119. The Morgan fingerprint density at radius 1 is 1.45 bits per heavy atom. The molecule has 1 amide bonds. The van der Waals surface area contributed by atoms with Gasteiger partial charge in [0.1, 0.15) is 0 Å². The van der Waals surface area contributed by atoms with Crippen LogP contribution in [-0.2, 0) is 4.79 Å². The summed E-state index contributed by atoms with van der Waals surface area (Å²) in [6.07, 6.45) is 0.301. The summed E-state index contributed by atoms with van der Waals surface area (Å²) in [7, 11) is -2.98. The van der Waals surface area contributed by atoms with Gasteiger partial charge in [0.25, 0.3) is 0 Å². The van der Waals surface area contributed by atoms with Crippen molar-refractivity contribution in [2.75, 3.05) is 6.54 Å². The van der Waals surface area contributed by atoms with Crippen molar-refractivity contribution in [3.63, 3.8) is 0 Å². The number of rotatable bonds is 0. The van der Waals surface area contributed by atoms with E-state index in [4.69, 9.17) is 9.11 Å². The highest BCUT2D eigenvalue weighted by Gasteiger charge is 2.19. The van der Waals surface area contributed by atoms with Crippen LogP contribution in [0.5, 0.6) is 0 Å². The Morgan fingerprint density at radius 3 is 2.27 bits per heavy atom. The fourth-order valence-electron chi connectivity index (χ4n) is 0.553. The lowest BCUT2D eigenvalue weighted by Gasteiger charge is -2.36. The highest BCUT2D eigenvalue weighted by Crippen LogP contribution is 2.29. The van der Waals surface area contributed by atoms with Crippen LogP contribution in [0.3, 0.4) is 0 Å². The second-order valence-corrected chi connectivity index (χ2v) is 3.31. The van der Waals surface area contributed by atoms with E-state index in [-0.39, 0.29) is 5.91 Å². The molecule has 0 aromatic heterocycles. The van der Waals surface area contributed by atoms with E-state index in [0.29, 0.717) is 13.0 Å². The van der Waals surface area contributed by atoms with E-state index < -0.39 is 11.0 Å². The Bertz CT molecular complexity index is 140. The second kappa shape index (κ2) is 4.55. The van der Waals surface area contributed by atoms with Crippen molar-refractivity contribution in [3.05, 3.63) is 0 Å². The van der Waals surface area contributed by atoms with Gasteiger partial charge in [-0.25, -0.2) is 9.44 Å². The first kappa shape index (κ1) is 10.7. The fourth-order valence-corrected chi connectivity index (χ4v) is 1.43. The van der Waals surface area contributed by atoms with Crippen molar-refractivity contribution in [2.24, 2.45) is 0 Å². The molecule has 0 atom stereocenters. The average Bonchev–Trinajstić information content (AvgIpc) is 1.89. The van der Waals surface area contributed by atoms with Gasteiger partial charge in [0.2, 0.25) is 5.91 Å². The van der Waals surface area contributed by atoms with E-state index in [9.17, 15) is 4.79 Å². The van der Waals surface area contributed by atoms with Gasteiger partial charge in [0, 0.05) is 13.0 Å². The minimum absolute atomic E-state index is 0.301. The molecule has 1 aliphatic rings. The maximum Gasteiger partial charge on any atom is 0.240 e. The lowest BCUT2D eigenvalue weighted by atomic mass is 10.4. The second-order valence-electron chi connectivity index (χ2n) is 1.72. The van der Waals surface area contributed by atoms with Gasteiger partial charge < -0.3 is 0 Å². The van der Waals surface area contributed by atoms with Gasteiger partial charge in [0.15, 0.2) is 0 Å². The summed E-state index contributed by atoms with van der Waals surface area (Å²) >= 11 is 0. The number of carbonyl (C=O) groups is 1. The van der Waals surface area contributed by atoms with Crippen LogP contribution >= 0.6 is 11.0 Å². The maximum absolute atomic E-state index is 10.4. The summed E-state index contributed by atoms with van der Waals surface area (Å²) in [4.78, 5) is 10.4. The van der Waals surface area contributed by atoms with Gasteiger partial charge in [-0.2, -0.15) is 0 Å². The van der Waals surface area contributed by atoms with Crippen LogP contribution in [0.25, 0.3) is 0 Å². The number of hydrogen-bond acceptors (Lipinski definition) is 4. The van der Waals surface area contributed by atoms with Crippen molar-refractivity contribution >= 4 is 16.9 Å². The minimum Gasteiger partial charge on any atom is -0.273 e. The van der Waals surface area contributed by atoms with Crippen LogP contribution in [0.1, 0.15) is 20.3 Å². The Hall–Kier alpha value is -0.300. The van der Waals surface area contributed by atoms with Crippen LogP contribution in [-0.4, -0.2) is 21.6 Å². The molecule has 0 aliphatic carbocycles. The van der Waals surface area contributed by atoms with E-state index in [1.165, 1.54) is 0 Å². The van der Waals surface area contributed by atoms with Crippen LogP contribution in [0.15, 0.2) is 0 Å². The molecule has 1 saturated heterocycles. The molecule has 0 radical (unpaired) electrons. The largest absolute Gasteiger partial charge is 0.273 e. The van der Waals surface area contributed by atoms with Gasteiger partial charge in [-0.05, 0) is 0 Å². The third-order valence-electron chi connectivity index (χ3n) is 0.912. The summed E-state index contributed by atoms with van der Waals surface area (Å²) in [6, 6.07) is 0. The van der Waals surface area contributed by atoms with Crippen LogP contribution in [0, 0.1) is 0 Å². The van der Waals surface area contributed by atoms with Crippen molar-refractivity contribution in [3.8, 4) is 0 Å². The van der Waals surface area contributed by atoms with Crippen molar-refractivity contribution in [1.29, 1.82) is 0 Å². The van der Waals surface area contributed by atoms with E-state index in [1.807, 2.05) is 18.6 Å². The SMILES string of the molecule is CC.O=C1CCNS(O)(O)N1. The molecule has 68 valence electrons. The summed E-state index contributed by atoms with van der Waals surface area (Å²) < 4.78 is 21.8. The summed E-state index contributed by atoms with van der Waals surface area (Å²) in [5.41, 5.74) is 0. The number of amides is 1. The molecular weight excluding hydrogens is 168 g/mol. The van der Waals surface area contributed by atoms with Gasteiger partial charge >= 0.3 is 0 Å². The third-order valence-corrected chi connectivity index (χ3v) is 2.03. The van der Waals surface area contributed by atoms with E-state index >= 15 is 0 Å². The molecule has 1 aliphatic heterocycles. The van der Waals surface area contributed by atoms with Crippen LogP contribution in [0.2, 0.25) is 0 Å². The van der Waals surface area contributed by atoms with Gasteiger partial charge in [-0.3, -0.25) is 13.9 Å². The normalized spacial score (nSPS) is 24.2. The first-order valence-electron chi connectivity index (χ1n) is 3.43. The number of carbonyl (C=O) groups excluding carboxylic acids is 1. The summed E-state index contributed by atoms with van der Waals surface area (Å²) in [6.45, 7) is 4.33. The lowest BCUT2D eigenvalue weighted by Crippen LogP contribution is -2.42. The van der Waals surface area contributed by atoms with E-state index in [2.05, 4.69) is 4.72 Å². The van der Waals surface area contributed by atoms with Gasteiger partial charge in [-0.1, -0.05) is 24.8 Å². The molecule has 0 spiro atoms. The zero-order valence-electron chi connectivity index (χ0n) is 6.63. The third kappa shape index (κ3) is 4.20. The zero-order chi connectivity index (χ0) is 8.91. The smallest absolute Gasteiger partial charge is 0.240 e. The maximum atomic E-state index is 10.4. The Balaban J connectivity index is 0.000000461. The standard InChI is InChI=1S/C3H8N2O3S.C2H6/c6-3-1-2-4-9(7,8)5-3;1-2/h4,7-8H,1-2H2,(H,5,6);1-2H3. The van der Waals surface area contributed by atoms with Crippen molar-refractivity contribution in [2.45, 2.75) is 20.3 Å². The molecule has 0 unspecified atom stereocenters. The molecule has 1 fully saturated rings. The summed E-state index contributed by atoms with van der Waals surface area (Å²) in [5, 5.41) is 0. The molecule has 0 saturated carbocycles. The highest BCUT2D eigenvalue weighted by molar-refractivity contribution is 8.21. The molecule has 5 nitrogen and oxygen atoms in total. The van der Waals surface area contributed by atoms with Crippen LogP contribution in [0.4, 0.5) is 0 Å². The van der Waals surface area contributed by atoms with Gasteiger partial charge in [0.05, 0.1) is 0 Å². The first-order chi connectivity index (χ1) is 5.10. The predicted octanol–water partition coefficient (Wildman–Crippen LogP) is 0.703. The minimum atomic E-state index is -2.98. The molecule has 0 bridgehead atoms. The van der Waals surface area contributed by atoms with Gasteiger partial charge in [-0.15, -0.1) is 0 Å². The molecule has 1 rings (SSSR count). The first-order valence-corrected chi connectivity index (χ1v) is 4.98. The molecule has 0 aromatic carbocycles. The molecule has 0 aromatic rings. The predicted molar refractivity (Wildman–Crippen MR) is 45.0 cm³/mol. The fraction of sp³-hybridized carbons (Fsp3) is 0.800. The topological polar surface area (TPSA) is 81.6 Å². The quantitative estimate of drug-likeness (QED) is 0.444. The number of nitrogens with one attached hydrogen (secondary N) is 2. The van der Waals surface area contributed by atoms with E-state index in [1.54, 1.807) is 0 Å². The Morgan fingerprint density at radius 2 is 2.00 bits per heavy atom. The van der Waals surface area contributed by atoms with Crippen LogP contribution < -0.4 is 9.44 Å². The molecule has 1 heterocycles. The zero-order valence-corrected chi connectivity index (χ0v) is 7.44. The van der Waals surface area contributed by atoms with Crippen molar-refractivity contribution < 1.29 is 13.9 Å². The molecular formula is C5H14N2O3S. The van der Waals surface area contributed by atoms with E-state index in [0.717, 1.165) is 0 Å².